The molecule has 0 radical (unpaired) electrons. The van der Waals surface area contributed by atoms with Crippen molar-refractivity contribution in [2.24, 2.45) is 9.98 Å². The van der Waals surface area contributed by atoms with E-state index < -0.39 is 0 Å². The molecule has 1 atom stereocenters. The zero-order valence-corrected chi connectivity index (χ0v) is 28.9. The van der Waals surface area contributed by atoms with Crippen LogP contribution in [0.3, 0.4) is 0 Å². The number of nitrogens with one attached hydrogen (secondary N) is 1. The van der Waals surface area contributed by atoms with E-state index in [0.717, 1.165) is 34.0 Å². The number of thiophene rings is 2. The fraction of sp³-hybridized carbons (Fsp3) is 0.0222. The van der Waals surface area contributed by atoms with Crippen LogP contribution in [-0.2, 0) is 0 Å². The average molecular weight is 689 g/mol. The molecule has 0 bridgehead atoms. The Hall–Kier alpha value is -6.08. The van der Waals surface area contributed by atoms with E-state index in [9.17, 15) is 0 Å². The van der Waals surface area contributed by atoms with E-state index in [-0.39, 0.29) is 6.17 Å². The van der Waals surface area contributed by atoms with Crippen molar-refractivity contribution in [2.75, 3.05) is 0 Å². The lowest BCUT2D eigenvalue weighted by Gasteiger charge is -2.25. The van der Waals surface area contributed by atoms with Crippen LogP contribution < -0.4 is 5.32 Å². The Kier molecular flexibility index (Phi) is 6.32. The van der Waals surface area contributed by atoms with E-state index >= 15 is 0 Å². The number of aliphatic imine (C=N–C) groups is 2. The third-order valence-electron chi connectivity index (χ3n) is 10.0. The monoisotopic (exact) mass is 688 g/mol. The van der Waals surface area contributed by atoms with Crippen molar-refractivity contribution in [3.05, 3.63) is 174 Å². The van der Waals surface area contributed by atoms with Gasteiger partial charge in [-0.25, -0.2) is 9.98 Å². The van der Waals surface area contributed by atoms with E-state index in [1.54, 1.807) is 0 Å². The number of rotatable bonds is 4. The number of benzene rings is 7. The number of fused-ring (bicyclic) bond motifs is 9. The molecule has 0 amide bonds. The van der Waals surface area contributed by atoms with Crippen molar-refractivity contribution in [1.29, 1.82) is 0 Å². The van der Waals surface area contributed by atoms with Crippen LogP contribution in [-0.4, -0.2) is 16.2 Å². The van der Waals surface area contributed by atoms with Gasteiger partial charge in [-0.05, 0) is 42.5 Å². The highest BCUT2D eigenvalue weighted by molar-refractivity contribution is 7.26. The van der Waals surface area contributed by atoms with Crippen molar-refractivity contribution >= 4 is 96.5 Å². The first kappa shape index (κ1) is 28.7. The summed E-state index contributed by atoms with van der Waals surface area (Å²) in [6.45, 7) is 0. The minimum absolute atomic E-state index is 0.367. The summed E-state index contributed by atoms with van der Waals surface area (Å²) in [6, 6.07) is 56.5. The summed E-state index contributed by atoms with van der Waals surface area (Å²) in [5.41, 5.74) is 6.67. The first-order valence-corrected chi connectivity index (χ1v) is 18.7. The first-order chi connectivity index (χ1) is 25.3. The second-order valence-corrected chi connectivity index (χ2v) is 15.2. The molecule has 240 valence electrons. The topological polar surface area (TPSA) is 41.7 Å². The second kappa shape index (κ2) is 11.2. The van der Waals surface area contributed by atoms with Gasteiger partial charge in [0.2, 0.25) is 0 Å². The molecule has 6 heteroatoms. The van der Waals surface area contributed by atoms with Crippen LogP contribution in [0.25, 0.3) is 67.8 Å². The Morgan fingerprint density at radius 2 is 1.14 bits per heavy atom. The summed E-state index contributed by atoms with van der Waals surface area (Å²) in [7, 11) is 0. The fourth-order valence-electron chi connectivity index (χ4n) is 7.75. The van der Waals surface area contributed by atoms with Crippen LogP contribution in [0.2, 0.25) is 0 Å². The minimum atomic E-state index is -0.367. The lowest BCUT2D eigenvalue weighted by Crippen LogP contribution is -2.33. The molecule has 0 spiro atoms. The van der Waals surface area contributed by atoms with Crippen molar-refractivity contribution in [2.45, 2.75) is 6.17 Å². The highest BCUT2D eigenvalue weighted by atomic mass is 32.1. The van der Waals surface area contributed by atoms with Gasteiger partial charge < -0.3 is 9.88 Å². The Bertz CT molecular complexity index is 3060. The van der Waals surface area contributed by atoms with Crippen molar-refractivity contribution < 1.29 is 0 Å². The molecular weight excluding hydrogens is 661 g/mol. The number of hydrogen-bond acceptors (Lipinski definition) is 5. The van der Waals surface area contributed by atoms with Crippen LogP contribution >= 0.6 is 22.7 Å². The molecule has 0 saturated carbocycles. The first-order valence-electron chi connectivity index (χ1n) is 17.1. The molecule has 11 rings (SSSR count). The van der Waals surface area contributed by atoms with Gasteiger partial charge in [0.05, 0.1) is 11.0 Å². The van der Waals surface area contributed by atoms with Gasteiger partial charge in [0.25, 0.3) is 0 Å². The summed E-state index contributed by atoms with van der Waals surface area (Å²) in [5, 5.41) is 11.4. The van der Waals surface area contributed by atoms with Gasteiger partial charge >= 0.3 is 0 Å². The number of nitrogens with zero attached hydrogens (tertiary/aromatic N) is 3. The maximum atomic E-state index is 5.36. The van der Waals surface area contributed by atoms with E-state index in [1.807, 2.05) is 46.9 Å². The zero-order valence-electron chi connectivity index (χ0n) is 27.2. The summed E-state index contributed by atoms with van der Waals surface area (Å²) in [5.74, 6) is 1.54. The van der Waals surface area contributed by atoms with Crippen molar-refractivity contribution in [3.63, 3.8) is 0 Å². The summed E-state index contributed by atoms with van der Waals surface area (Å²) < 4.78 is 7.59. The summed E-state index contributed by atoms with van der Waals surface area (Å²) in [4.78, 5) is 10.4. The van der Waals surface area contributed by atoms with Gasteiger partial charge in [-0.15, -0.1) is 22.7 Å². The van der Waals surface area contributed by atoms with E-state index in [2.05, 4.69) is 143 Å². The number of para-hydroxylation sites is 1. The predicted molar refractivity (Wildman–Crippen MR) is 218 cm³/mol. The molecule has 3 aromatic heterocycles. The van der Waals surface area contributed by atoms with E-state index in [4.69, 9.17) is 9.98 Å². The van der Waals surface area contributed by atoms with Gasteiger partial charge in [0, 0.05) is 73.5 Å². The molecule has 0 aliphatic carbocycles. The molecule has 1 aliphatic heterocycles. The molecule has 10 aromatic rings. The minimum Gasteiger partial charge on any atom is -0.344 e. The van der Waals surface area contributed by atoms with Gasteiger partial charge in [0.1, 0.15) is 12.0 Å². The maximum absolute atomic E-state index is 5.36. The van der Waals surface area contributed by atoms with Crippen LogP contribution in [0, 0.1) is 0 Å². The van der Waals surface area contributed by atoms with Crippen LogP contribution in [0.15, 0.2) is 168 Å². The predicted octanol–water partition coefficient (Wildman–Crippen LogP) is 12.0. The quantitative estimate of drug-likeness (QED) is 0.196. The lowest BCUT2D eigenvalue weighted by molar-refractivity contribution is 0.679. The van der Waals surface area contributed by atoms with Gasteiger partial charge in [0.15, 0.2) is 5.84 Å². The van der Waals surface area contributed by atoms with E-state index in [0.29, 0.717) is 0 Å². The Balaban J connectivity index is 1.21. The third-order valence-corrected chi connectivity index (χ3v) is 12.3. The van der Waals surface area contributed by atoms with Crippen LogP contribution in [0.1, 0.15) is 22.9 Å². The van der Waals surface area contributed by atoms with Gasteiger partial charge in [-0.1, -0.05) is 115 Å². The molecular formula is C45H28N4S2. The van der Waals surface area contributed by atoms with Gasteiger partial charge in [-0.3, -0.25) is 0 Å². The zero-order chi connectivity index (χ0) is 33.5. The van der Waals surface area contributed by atoms with Crippen molar-refractivity contribution in [3.8, 4) is 5.69 Å². The third kappa shape index (κ3) is 4.50. The molecule has 51 heavy (non-hydrogen) atoms. The highest BCUT2D eigenvalue weighted by Gasteiger charge is 2.26. The number of aromatic nitrogens is 1. The lowest BCUT2D eigenvalue weighted by atomic mass is 10.0. The smallest absolute Gasteiger partial charge is 0.159 e. The fourth-order valence-corrected chi connectivity index (χ4v) is 10.0. The summed E-state index contributed by atoms with van der Waals surface area (Å²) >= 11 is 3.71. The standard InChI is InChI=1S/C45H28N4S2/c1-3-13-27(14-4-1)43-46-44(28-15-5-2-6-16-28)48-45(47-43)35-23-29(24-41-42(35)32-19-9-12-22-39(32)51-41)49-36-20-10-7-17-30(36)33-26-40-34(25-37(33)49)31-18-8-11-21-38(31)50-40/h1-26,45H,(H,46,47,48). The van der Waals surface area contributed by atoms with Crippen LogP contribution in [0.4, 0.5) is 0 Å². The molecule has 7 aromatic carbocycles. The molecule has 1 unspecified atom stereocenters. The van der Waals surface area contributed by atoms with Crippen LogP contribution in [0.5, 0.6) is 0 Å². The second-order valence-electron chi connectivity index (χ2n) is 13.0. The highest BCUT2D eigenvalue weighted by Crippen LogP contribution is 2.44. The Morgan fingerprint density at radius 1 is 0.490 bits per heavy atom. The number of amidine groups is 2. The van der Waals surface area contributed by atoms with E-state index in [1.165, 1.54) is 62.2 Å². The molecule has 1 N–H and O–H groups in total. The molecule has 4 nitrogen and oxygen atoms in total. The normalized spacial score (nSPS) is 14.9. The summed E-state index contributed by atoms with van der Waals surface area (Å²) in [6.07, 6.45) is -0.367. The Labute approximate surface area is 301 Å². The molecule has 0 fully saturated rings. The maximum Gasteiger partial charge on any atom is 0.159 e. The molecule has 1 aliphatic rings. The molecule has 0 saturated heterocycles. The van der Waals surface area contributed by atoms with Gasteiger partial charge in [-0.2, -0.15) is 0 Å². The largest absolute Gasteiger partial charge is 0.344 e. The average Bonchev–Trinajstić information content (AvgIpc) is 3.86. The Morgan fingerprint density at radius 3 is 1.94 bits per heavy atom. The number of hydrogen-bond donors (Lipinski definition) is 1. The SMILES string of the molecule is c1ccc(C2=NC(c3cc(-n4c5ccccc5c5cc6sc7ccccc7c6cc54)cc4sc5ccccc5c34)NC(c3ccccc3)=N2)cc1. The van der Waals surface area contributed by atoms with Crippen molar-refractivity contribution in [1.82, 2.24) is 9.88 Å². The molecule has 4 heterocycles.